The van der Waals surface area contributed by atoms with Crippen molar-refractivity contribution in [2.45, 2.75) is 42.8 Å². The molecule has 16 heteroatoms. The molecule has 0 unspecified atom stereocenters. The number of carbonyl (C=O) groups is 3. The average molecular weight is 654 g/mol. The van der Waals surface area contributed by atoms with E-state index >= 15 is 0 Å². The van der Waals surface area contributed by atoms with Crippen LogP contribution in [-0.4, -0.2) is 60.8 Å². The number of thioether (sulfide) groups is 1. The monoisotopic (exact) mass is 653 g/mol. The molecular formula is C28H30F3N5O6S2. The van der Waals surface area contributed by atoms with E-state index in [1.165, 1.54) is 16.7 Å². The molecule has 0 saturated carbocycles. The molecule has 1 atom stereocenters. The van der Waals surface area contributed by atoms with Gasteiger partial charge in [0.05, 0.1) is 11.4 Å². The second kappa shape index (κ2) is 15.0. The highest BCUT2D eigenvalue weighted by Gasteiger charge is 2.38. The smallest absolute Gasteiger partial charge is 0.475 e. The number of sulfonamides is 1. The standard InChI is InChI=1S/C26H29N5O4S2.C2HF3O2/c1-18-20(11-12-24(27)29-18)15-28-25(32)13-14-31-22-9-5-6-10-23(22)36-16-21(26(31)33)30-37(34,35)17-19-7-3-2-4-8-19;3-2(4,5)1(6)7/h2-12,21,30H,13-17H2,1H3,(H2,27,29)(H,28,32);(H,6,7)/t21-;/m1./s1. The lowest BCUT2D eigenvalue weighted by Crippen LogP contribution is -2.50. The third kappa shape index (κ3) is 10.2. The first kappa shape index (κ1) is 34.3. The minimum Gasteiger partial charge on any atom is -0.475 e. The molecule has 2 aromatic carbocycles. The largest absolute Gasteiger partial charge is 0.490 e. The molecule has 0 radical (unpaired) electrons. The lowest BCUT2D eigenvalue weighted by Gasteiger charge is -2.25. The summed E-state index contributed by atoms with van der Waals surface area (Å²) in [6, 6.07) is 18.7. The number of aliphatic carboxylic acids is 1. The number of carboxylic acids is 1. The highest BCUT2D eigenvalue weighted by molar-refractivity contribution is 7.99. The number of hydrogen-bond donors (Lipinski definition) is 4. The maximum absolute atomic E-state index is 13.5. The minimum absolute atomic E-state index is 0.0513. The van der Waals surface area contributed by atoms with Gasteiger partial charge in [0.2, 0.25) is 21.8 Å². The van der Waals surface area contributed by atoms with Crippen molar-refractivity contribution in [2.75, 3.05) is 22.9 Å². The van der Waals surface area contributed by atoms with Crippen LogP contribution in [0.15, 0.2) is 71.6 Å². The predicted octanol–water partition coefficient (Wildman–Crippen LogP) is 3.24. The summed E-state index contributed by atoms with van der Waals surface area (Å²) in [7, 11) is -3.78. The molecular weight excluding hydrogens is 623 g/mol. The van der Waals surface area contributed by atoms with Gasteiger partial charge in [0.25, 0.3) is 0 Å². The number of rotatable bonds is 9. The topological polar surface area (TPSA) is 172 Å². The molecule has 3 aromatic rings. The van der Waals surface area contributed by atoms with Crippen LogP contribution in [0.3, 0.4) is 0 Å². The van der Waals surface area contributed by atoms with Gasteiger partial charge >= 0.3 is 12.1 Å². The van der Waals surface area contributed by atoms with Gasteiger partial charge in [-0.25, -0.2) is 22.9 Å². The number of carboxylic acid groups (broad SMARTS) is 1. The number of anilines is 2. The molecule has 0 spiro atoms. The third-order valence-electron chi connectivity index (χ3n) is 6.14. The number of benzene rings is 2. The fourth-order valence-electron chi connectivity index (χ4n) is 4.01. The van der Waals surface area contributed by atoms with Crippen LogP contribution in [0.4, 0.5) is 24.7 Å². The lowest BCUT2D eigenvalue weighted by atomic mass is 10.2. The number of nitrogens with zero attached hydrogens (tertiary/aromatic N) is 2. The number of aryl methyl sites for hydroxylation is 1. The van der Waals surface area contributed by atoms with Crippen LogP contribution in [0.2, 0.25) is 0 Å². The number of para-hydroxylation sites is 1. The predicted molar refractivity (Wildman–Crippen MR) is 159 cm³/mol. The Kier molecular flexibility index (Phi) is 11.7. The molecule has 1 aliphatic heterocycles. The van der Waals surface area contributed by atoms with E-state index in [1.54, 1.807) is 30.3 Å². The SMILES string of the molecule is Cc1nc(N)ccc1CNC(=O)CCN1C(=O)[C@H](NS(=O)(=O)Cc2ccccc2)CSc2ccccc21.O=C(O)C(F)(F)F. The number of hydrogen-bond acceptors (Lipinski definition) is 8. The summed E-state index contributed by atoms with van der Waals surface area (Å²) >= 11 is 1.41. The average Bonchev–Trinajstić information content (AvgIpc) is 3.07. The molecule has 4 rings (SSSR count). The Morgan fingerprint density at radius 2 is 1.73 bits per heavy atom. The maximum Gasteiger partial charge on any atom is 0.490 e. The zero-order chi connectivity index (χ0) is 32.5. The number of alkyl halides is 3. The summed E-state index contributed by atoms with van der Waals surface area (Å²) in [6.07, 6.45) is -5.03. The van der Waals surface area contributed by atoms with Gasteiger partial charge in [0, 0.05) is 35.9 Å². The first-order valence-electron chi connectivity index (χ1n) is 13.0. The van der Waals surface area contributed by atoms with Gasteiger partial charge in [0.1, 0.15) is 11.9 Å². The molecule has 1 aliphatic rings. The van der Waals surface area contributed by atoms with E-state index in [-0.39, 0.29) is 36.3 Å². The Hall–Kier alpha value is -4.15. The van der Waals surface area contributed by atoms with Crippen molar-refractivity contribution < 1.29 is 41.1 Å². The number of aromatic nitrogens is 1. The molecule has 0 fully saturated rings. The van der Waals surface area contributed by atoms with Crippen molar-refractivity contribution in [3.05, 3.63) is 83.6 Å². The van der Waals surface area contributed by atoms with Crippen molar-refractivity contribution >= 4 is 51.1 Å². The van der Waals surface area contributed by atoms with E-state index in [0.29, 0.717) is 23.6 Å². The first-order valence-corrected chi connectivity index (χ1v) is 15.7. The van der Waals surface area contributed by atoms with Crippen molar-refractivity contribution in [3.8, 4) is 0 Å². The molecule has 1 aromatic heterocycles. The summed E-state index contributed by atoms with van der Waals surface area (Å²) in [4.78, 5) is 41.6. The third-order valence-corrected chi connectivity index (χ3v) is 8.66. The Balaban J connectivity index is 0.000000676. The zero-order valence-corrected chi connectivity index (χ0v) is 25.0. The Morgan fingerprint density at radius 3 is 2.36 bits per heavy atom. The van der Waals surface area contributed by atoms with Crippen molar-refractivity contribution in [3.63, 3.8) is 0 Å². The molecule has 2 heterocycles. The van der Waals surface area contributed by atoms with Gasteiger partial charge in [-0.1, -0.05) is 48.5 Å². The summed E-state index contributed by atoms with van der Waals surface area (Å²) < 4.78 is 60.1. The number of amides is 2. The van der Waals surface area contributed by atoms with E-state index in [2.05, 4.69) is 15.0 Å². The van der Waals surface area contributed by atoms with E-state index in [4.69, 9.17) is 15.6 Å². The first-order chi connectivity index (χ1) is 20.7. The second-order valence-corrected chi connectivity index (χ2v) is 12.3. The van der Waals surface area contributed by atoms with Gasteiger partial charge in [-0.05, 0) is 36.2 Å². The van der Waals surface area contributed by atoms with Gasteiger partial charge in [-0.3, -0.25) is 9.59 Å². The Morgan fingerprint density at radius 1 is 1.09 bits per heavy atom. The van der Waals surface area contributed by atoms with E-state index < -0.39 is 28.2 Å². The van der Waals surface area contributed by atoms with Crippen LogP contribution >= 0.6 is 11.8 Å². The highest BCUT2D eigenvalue weighted by atomic mass is 32.2. The quantitative estimate of drug-likeness (QED) is 0.271. The van der Waals surface area contributed by atoms with Crippen molar-refractivity contribution in [2.24, 2.45) is 0 Å². The van der Waals surface area contributed by atoms with Crippen LogP contribution < -0.4 is 20.7 Å². The fraction of sp³-hybridized carbons (Fsp3) is 0.286. The normalized spacial score (nSPS) is 15.0. The molecule has 11 nitrogen and oxygen atoms in total. The number of pyridine rings is 1. The number of nitrogen functional groups attached to an aromatic ring is 1. The summed E-state index contributed by atoms with van der Waals surface area (Å²) in [5.74, 6) is -2.95. The Bertz CT molecular complexity index is 1590. The van der Waals surface area contributed by atoms with Gasteiger partial charge in [-0.15, -0.1) is 11.8 Å². The molecule has 5 N–H and O–H groups in total. The second-order valence-electron chi connectivity index (χ2n) is 9.49. The number of fused-ring (bicyclic) bond motifs is 1. The van der Waals surface area contributed by atoms with Gasteiger partial charge < -0.3 is 21.1 Å². The van der Waals surface area contributed by atoms with Crippen LogP contribution in [-0.2, 0) is 36.7 Å². The number of carbonyl (C=O) groups excluding carboxylic acids is 2. The molecule has 0 bridgehead atoms. The molecule has 236 valence electrons. The van der Waals surface area contributed by atoms with E-state index in [1.807, 2.05) is 43.3 Å². The highest BCUT2D eigenvalue weighted by Crippen LogP contribution is 2.34. The maximum atomic E-state index is 13.5. The Labute approximate surface area is 256 Å². The van der Waals surface area contributed by atoms with Crippen LogP contribution in [0.1, 0.15) is 23.2 Å². The van der Waals surface area contributed by atoms with Crippen molar-refractivity contribution in [1.82, 2.24) is 15.0 Å². The molecule has 2 amide bonds. The van der Waals surface area contributed by atoms with Gasteiger partial charge in [0.15, 0.2) is 0 Å². The number of halogens is 3. The zero-order valence-electron chi connectivity index (χ0n) is 23.4. The lowest BCUT2D eigenvalue weighted by molar-refractivity contribution is -0.192. The van der Waals surface area contributed by atoms with E-state index in [9.17, 15) is 31.2 Å². The van der Waals surface area contributed by atoms with Crippen LogP contribution in [0.5, 0.6) is 0 Å². The molecule has 44 heavy (non-hydrogen) atoms. The van der Waals surface area contributed by atoms with E-state index in [0.717, 1.165) is 16.2 Å². The summed E-state index contributed by atoms with van der Waals surface area (Å²) in [5, 5.41) is 9.98. The summed E-state index contributed by atoms with van der Waals surface area (Å²) in [6.45, 7) is 2.22. The summed E-state index contributed by atoms with van der Waals surface area (Å²) in [5.41, 5.74) is 8.56. The van der Waals surface area contributed by atoms with Gasteiger partial charge in [-0.2, -0.15) is 13.2 Å². The number of nitrogens with one attached hydrogen (secondary N) is 2. The number of nitrogens with two attached hydrogens (primary N) is 1. The fourth-order valence-corrected chi connectivity index (χ4v) is 6.52. The minimum atomic E-state index is -5.08. The van der Waals surface area contributed by atoms with Crippen LogP contribution in [0, 0.1) is 6.92 Å². The van der Waals surface area contributed by atoms with Crippen molar-refractivity contribution in [1.29, 1.82) is 0 Å². The molecule has 0 saturated heterocycles. The van der Waals surface area contributed by atoms with Crippen LogP contribution in [0.25, 0.3) is 0 Å². The molecule has 0 aliphatic carbocycles.